The van der Waals surface area contributed by atoms with Crippen LogP contribution in [-0.2, 0) is 10.5 Å². The molecule has 1 N–H and O–H groups in total. The first kappa shape index (κ1) is 12.9. The first-order valence-corrected chi connectivity index (χ1v) is 8.12. The van der Waals surface area contributed by atoms with Gasteiger partial charge in [0.25, 0.3) is 0 Å². The number of aromatic nitrogens is 4. The molecule has 2 fully saturated rings. The first-order valence-electron chi connectivity index (χ1n) is 6.97. The number of amides is 1. The molecule has 0 saturated heterocycles. The van der Waals surface area contributed by atoms with Crippen molar-refractivity contribution >= 4 is 17.7 Å². The van der Waals surface area contributed by atoms with Crippen molar-refractivity contribution in [3.8, 4) is 0 Å². The van der Waals surface area contributed by atoms with Gasteiger partial charge in [0, 0.05) is 6.04 Å². The quantitative estimate of drug-likeness (QED) is 0.851. The SMILES string of the molecule is O=C(CSCc1nnnn1C1CCCC1)NC1CC1. The maximum atomic E-state index is 11.6. The van der Waals surface area contributed by atoms with Crippen LogP contribution in [0.15, 0.2) is 0 Å². The fourth-order valence-corrected chi connectivity index (χ4v) is 3.22. The Morgan fingerprint density at radius 3 is 2.84 bits per heavy atom. The van der Waals surface area contributed by atoms with Crippen molar-refractivity contribution in [3.05, 3.63) is 5.82 Å². The standard InChI is InChI=1S/C12H19N5OS/c18-12(13-9-5-6-9)8-19-7-11-14-15-16-17(11)10-3-1-2-4-10/h9-10H,1-8H2,(H,13,18). The summed E-state index contributed by atoms with van der Waals surface area (Å²) in [7, 11) is 0. The maximum absolute atomic E-state index is 11.6. The van der Waals surface area contributed by atoms with Gasteiger partial charge >= 0.3 is 0 Å². The molecule has 2 aliphatic carbocycles. The number of hydrogen-bond donors (Lipinski definition) is 1. The lowest BCUT2D eigenvalue weighted by atomic mass is 10.2. The minimum atomic E-state index is 0.132. The molecular formula is C12H19N5OS. The topological polar surface area (TPSA) is 72.7 Å². The van der Waals surface area contributed by atoms with E-state index in [1.54, 1.807) is 11.8 Å². The van der Waals surface area contributed by atoms with E-state index >= 15 is 0 Å². The van der Waals surface area contributed by atoms with Crippen LogP contribution in [0, 0.1) is 0 Å². The molecule has 0 aromatic carbocycles. The van der Waals surface area contributed by atoms with E-state index in [0.717, 1.165) is 18.7 Å². The number of rotatable bonds is 6. The fraction of sp³-hybridized carbons (Fsp3) is 0.833. The summed E-state index contributed by atoms with van der Waals surface area (Å²) in [4.78, 5) is 11.6. The number of tetrazole rings is 1. The van der Waals surface area contributed by atoms with Gasteiger partial charge in [-0.05, 0) is 36.1 Å². The molecule has 2 saturated carbocycles. The highest BCUT2D eigenvalue weighted by Crippen LogP contribution is 2.29. The Bertz CT molecular complexity index is 439. The van der Waals surface area contributed by atoms with E-state index in [-0.39, 0.29) is 5.91 Å². The van der Waals surface area contributed by atoms with Crippen molar-refractivity contribution in [3.63, 3.8) is 0 Å². The molecular weight excluding hydrogens is 262 g/mol. The first-order chi connectivity index (χ1) is 9.33. The molecule has 0 bridgehead atoms. The van der Waals surface area contributed by atoms with Crippen LogP contribution in [-0.4, -0.2) is 37.9 Å². The molecule has 1 aromatic rings. The summed E-state index contributed by atoms with van der Waals surface area (Å²) < 4.78 is 1.96. The molecule has 1 aromatic heterocycles. The van der Waals surface area contributed by atoms with Crippen LogP contribution < -0.4 is 5.32 Å². The average molecular weight is 281 g/mol. The highest BCUT2D eigenvalue weighted by atomic mass is 32.2. The number of carbonyl (C=O) groups excluding carboxylic acids is 1. The summed E-state index contributed by atoms with van der Waals surface area (Å²) in [6, 6.07) is 0.905. The molecule has 0 spiro atoms. The molecule has 1 amide bonds. The molecule has 3 rings (SSSR count). The van der Waals surface area contributed by atoms with Crippen molar-refractivity contribution in [2.45, 2.75) is 56.4 Å². The Labute approximate surface area is 116 Å². The molecule has 19 heavy (non-hydrogen) atoms. The lowest BCUT2D eigenvalue weighted by molar-refractivity contribution is -0.118. The van der Waals surface area contributed by atoms with Crippen LogP contribution in [0.5, 0.6) is 0 Å². The molecule has 0 unspecified atom stereocenters. The minimum absolute atomic E-state index is 0.132. The summed E-state index contributed by atoms with van der Waals surface area (Å²) >= 11 is 1.59. The van der Waals surface area contributed by atoms with Crippen LogP contribution in [0.2, 0.25) is 0 Å². The molecule has 7 heteroatoms. The van der Waals surface area contributed by atoms with Gasteiger partial charge in [0.15, 0.2) is 5.82 Å². The Kier molecular flexibility index (Phi) is 4.00. The van der Waals surface area contributed by atoms with E-state index in [1.165, 1.54) is 25.7 Å². The smallest absolute Gasteiger partial charge is 0.230 e. The van der Waals surface area contributed by atoms with Crippen LogP contribution >= 0.6 is 11.8 Å². The largest absolute Gasteiger partial charge is 0.353 e. The van der Waals surface area contributed by atoms with Gasteiger partial charge in [0.2, 0.25) is 5.91 Å². The second-order valence-corrected chi connectivity index (χ2v) is 6.30. The summed E-state index contributed by atoms with van der Waals surface area (Å²) in [5.74, 6) is 2.24. The monoisotopic (exact) mass is 281 g/mol. The van der Waals surface area contributed by atoms with E-state index < -0.39 is 0 Å². The van der Waals surface area contributed by atoms with Gasteiger partial charge < -0.3 is 5.32 Å². The van der Waals surface area contributed by atoms with E-state index in [1.807, 2.05) is 4.68 Å². The van der Waals surface area contributed by atoms with Crippen molar-refractivity contribution in [1.82, 2.24) is 25.5 Å². The number of nitrogens with zero attached hydrogens (tertiary/aromatic N) is 4. The third-order valence-electron chi connectivity index (χ3n) is 3.64. The second-order valence-electron chi connectivity index (χ2n) is 5.31. The maximum Gasteiger partial charge on any atom is 0.230 e. The van der Waals surface area contributed by atoms with Gasteiger partial charge in [-0.2, -0.15) is 0 Å². The second kappa shape index (κ2) is 5.90. The van der Waals surface area contributed by atoms with E-state index in [9.17, 15) is 4.79 Å². The van der Waals surface area contributed by atoms with Crippen LogP contribution in [0.3, 0.4) is 0 Å². The Balaban J connectivity index is 1.46. The van der Waals surface area contributed by atoms with E-state index in [2.05, 4.69) is 20.8 Å². The third kappa shape index (κ3) is 3.46. The zero-order chi connectivity index (χ0) is 13.1. The van der Waals surface area contributed by atoms with Gasteiger partial charge in [0.05, 0.1) is 17.5 Å². The van der Waals surface area contributed by atoms with Crippen molar-refractivity contribution in [1.29, 1.82) is 0 Å². The van der Waals surface area contributed by atoms with Crippen molar-refractivity contribution in [2.24, 2.45) is 0 Å². The predicted octanol–water partition coefficient (Wildman–Crippen LogP) is 1.30. The Morgan fingerprint density at radius 1 is 1.32 bits per heavy atom. The lowest BCUT2D eigenvalue weighted by Gasteiger charge is -2.10. The fourth-order valence-electron chi connectivity index (χ4n) is 2.47. The van der Waals surface area contributed by atoms with E-state index in [0.29, 0.717) is 23.6 Å². The van der Waals surface area contributed by atoms with Crippen LogP contribution in [0.4, 0.5) is 0 Å². The van der Waals surface area contributed by atoms with Crippen molar-refractivity contribution in [2.75, 3.05) is 5.75 Å². The molecule has 104 valence electrons. The van der Waals surface area contributed by atoms with Gasteiger partial charge in [-0.25, -0.2) is 4.68 Å². The number of hydrogen-bond acceptors (Lipinski definition) is 5. The molecule has 1 heterocycles. The zero-order valence-electron chi connectivity index (χ0n) is 10.9. The Morgan fingerprint density at radius 2 is 2.11 bits per heavy atom. The third-order valence-corrected chi connectivity index (χ3v) is 4.57. The summed E-state index contributed by atoms with van der Waals surface area (Å²) in [6.07, 6.45) is 7.14. The number of nitrogens with one attached hydrogen (secondary N) is 1. The summed E-state index contributed by atoms with van der Waals surface area (Å²) in [6.45, 7) is 0. The van der Waals surface area contributed by atoms with Gasteiger partial charge in [-0.1, -0.05) is 12.8 Å². The highest BCUT2D eigenvalue weighted by Gasteiger charge is 2.24. The average Bonchev–Trinajstić information content (AvgIpc) is 2.91. The predicted molar refractivity (Wildman–Crippen MR) is 72.6 cm³/mol. The zero-order valence-corrected chi connectivity index (χ0v) is 11.7. The van der Waals surface area contributed by atoms with Crippen molar-refractivity contribution < 1.29 is 4.79 Å². The molecule has 0 atom stereocenters. The molecule has 2 aliphatic rings. The molecule has 0 aliphatic heterocycles. The highest BCUT2D eigenvalue weighted by molar-refractivity contribution is 7.99. The van der Waals surface area contributed by atoms with Gasteiger partial charge in [0.1, 0.15) is 0 Å². The van der Waals surface area contributed by atoms with Gasteiger partial charge in [-0.15, -0.1) is 16.9 Å². The molecule has 6 nitrogen and oxygen atoms in total. The Hall–Kier alpha value is -1.11. The van der Waals surface area contributed by atoms with Crippen LogP contribution in [0.1, 0.15) is 50.4 Å². The summed E-state index contributed by atoms with van der Waals surface area (Å²) in [5, 5.41) is 14.9. The van der Waals surface area contributed by atoms with Gasteiger partial charge in [-0.3, -0.25) is 4.79 Å². The lowest BCUT2D eigenvalue weighted by Crippen LogP contribution is -2.27. The normalized spacial score (nSPS) is 19.8. The number of thioether (sulfide) groups is 1. The van der Waals surface area contributed by atoms with E-state index in [4.69, 9.17) is 0 Å². The van der Waals surface area contributed by atoms with Crippen LogP contribution in [0.25, 0.3) is 0 Å². The molecule has 0 radical (unpaired) electrons. The minimum Gasteiger partial charge on any atom is -0.353 e. The number of carbonyl (C=O) groups is 1. The summed E-state index contributed by atoms with van der Waals surface area (Å²) in [5.41, 5.74) is 0.